The first-order valence-corrected chi connectivity index (χ1v) is 8.30. The van der Waals surface area contributed by atoms with E-state index in [0.29, 0.717) is 17.4 Å². The number of methoxy groups -OCH3 is 1. The Morgan fingerprint density at radius 3 is 2.33 bits per heavy atom. The normalized spacial score (nSPS) is 39.7. The molecule has 2 aliphatic carbocycles. The van der Waals surface area contributed by atoms with Crippen LogP contribution in [0.4, 0.5) is 0 Å². The molecule has 120 valence electrons. The molecule has 4 nitrogen and oxygen atoms in total. The van der Waals surface area contributed by atoms with E-state index in [1.807, 2.05) is 11.9 Å². The molecule has 1 saturated heterocycles. The predicted octanol–water partition coefficient (Wildman–Crippen LogP) is 2.04. The molecule has 0 aromatic heterocycles. The summed E-state index contributed by atoms with van der Waals surface area (Å²) in [5.74, 6) is 0.642. The molecule has 1 N–H and O–H groups in total. The van der Waals surface area contributed by atoms with E-state index in [1.165, 1.54) is 12.8 Å². The molecule has 1 amide bonds. The molecule has 3 fully saturated rings. The van der Waals surface area contributed by atoms with Gasteiger partial charge in [-0.15, -0.1) is 0 Å². The first-order chi connectivity index (χ1) is 9.77. The maximum absolute atomic E-state index is 12.9. The van der Waals surface area contributed by atoms with Gasteiger partial charge in [0.1, 0.15) is 0 Å². The highest BCUT2D eigenvalue weighted by atomic mass is 16.5. The highest BCUT2D eigenvalue weighted by molar-refractivity contribution is 5.83. The summed E-state index contributed by atoms with van der Waals surface area (Å²) in [6.45, 7) is 8.75. The van der Waals surface area contributed by atoms with Crippen LogP contribution in [0.5, 0.6) is 0 Å². The topological polar surface area (TPSA) is 41.6 Å². The van der Waals surface area contributed by atoms with Gasteiger partial charge in [0.2, 0.25) is 5.91 Å². The summed E-state index contributed by atoms with van der Waals surface area (Å²) in [4.78, 5) is 14.9. The van der Waals surface area contributed by atoms with Gasteiger partial charge in [0.25, 0.3) is 0 Å². The van der Waals surface area contributed by atoms with Crippen molar-refractivity contribution in [2.45, 2.75) is 58.1 Å². The first kappa shape index (κ1) is 15.3. The Kier molecular flexibility index (Phi) is 3.42. The lowest BCUT2D eigenvalue weighted by atomic mass is 9.55. The third-order valence-corrected chi connectivity index (χ3v) is 7.13. The van der Waals surface area contributed by atoms with Crippen LogP contribution < -0.4 is 5.32 Å². The van der Waals surface area contributed by atoms with Crippen molar-refractivity contribution in [2.24, 2.45) is 16.7 Å². The number of nitrogens with one attached hydrogen (secondary N) is 1. The van der Waals surface area contributed by atoms with Gasteiger partial charge in [0.05, 0.1) is 5.60 Å². The fraction of sp³-hybridized carbons (Fsp3) is 0.941. The van der Waals surface area contributed by atoms with Crippen molar-refractivity contribution >= 4 is 5.91 Å². The van der Waals surface area contributed by atoms with Gasteiger partial charge in [-0.05, 0) is 51.1 Å². The summed E-state index contributed by atoms with van der Waals surface area (Å²) in [7, 11) is 3.78. The Labute approximate surface area is 128 Å². The molecule has 0 aromatic carbocycles. The molecule has 0 radical (unpaired) electrons. The van der Waals surface area contributed by atoms with Crippen molar-refractivity contribution in [3.05, 3.63) is 0 Å². The Bertz CT molecular complexity index is 442. The summed E-state index contributed by atoms with van der Waals surface area (Å²) in [6, 6.07) is 0.300. The van der Waals surface area contributed by atoms with E-state index < -0.39 is 0 Å². The van der Waals surface area contributed by atoms with Gasteiger partial charge < -0.3 is 15.0 Å². The van der Waals surface area contributed by atoms with Crippen LogP contribution in [0.1, 0.15) is 46.5 Å². The molecular weight excluding hydrogens is 264 g/mol. The van der Waals surface area contributed by atoms with Crippen LogP contribution >= 0.6 is 0 Å². The molecule has 1 aliphatic heterocycles. The maximum atomic E-state index is 12.9. The van der Waals surface area contributed by atoms with Gasteiger partial charge in [-0.25, -0.2) is 0 Å². The summed E-state index contributed by atoms with van der Waals surface area (Å²) < 4.78 is 5.69. The number of piperidine rings is 1. The molecular formula is C17H30N2O2. The average Bonchev–Trinajstić information content (AvgIpc) is 3.16. The van der Waals surface area contributed by atoms with Crippen LogP contribution in [0.15, 0.2) is 0 Å². The molecule has 1 spiro atoms. The molecule has 3 aliphatic rings. The minimum atomic E-state index is -0.109. The molecule has 2 saturated carbocycles. The lowest BCUT2D eigenvalue weighted by molar-refractivity contribution is -0.208. The molecule has 3 unspecified atom stereocenters. The number of amides is 1. The largest absolute Gasteiger partial charge is 0.378 e. The van der Waals surface area contributed by atoms with Gasteiger partial charge >= 0.3 is 0 Å². The van der Waals surface area contributed by atoms with Crippen LogP contribution in [0, 0.1) is 16.7 Å². The van der Waals surface area contributed by atoms with Crippen molar-refractivity contribution in [1.82, 2.24) is 10.2 Å². The van der Waals surface area contributed by atoms with Gasteiger partial charge in [-0.3, -0.25) is 4.79 Å². The van der Waals surface area contributed by atoms with E-state index in [2.05, 4.69) is 26.1 Å². The van der Waals surface area contributed by atoms with Gasteiger partial charge in [0, 0.05) is 31.5 Å². The van der Waals surface area contributed by atoms with E-state index in [0.717, 1.165) is 25.9 Å². The minimum absolute atomic E-state index is 0.0162. The number of hydrogen-bond acceptors (Lipinski definition) is 3. The van der Waals surface area contributed by atoms with Crippen LogP contribution in [-0.2, 0) is 9.53 Å². The monoisotopic (exact) mass is 294 g/mol. The number of nitrogens with zero attached hydrogens (tertiary/aromatic N) is 1. The lowest BCUT2D eigenvalue weighted by Gasteiger charge is -2.61. The van der Waals surface area contributed by atoms with Crippen molar-refractivity contribution in [1.29, 1.82) is 0 Å². The van der Waals surface area contributed by atoms with E-state index in [-0.39, 0.29) is 16.9 Å². The van der Waals surface area contributed by atoms with E-state index >= 15 is 0 Å². The Balaban J connectivity index is 1.65. The van der Waals surface area contributed by atoms with Crippen molar-refractivity contribution in [3.8, 4) is 0 Å². The Hall–Kier alpha value is -0.610. The maximum Gasteiger partial charge on any atom is 0.226 e. The third-order valence-electron chi connectivity index (χ3n) is 7.13. The molecule has 3 rings (SSSR count). The Morgan fingerprint density at radius 2 is 1.81 bits per heavy atom. The zero-order valence-corrected chi connectivity index (χ0v) is 14.2. The quantitative estimate of drug-likeness (QED) is 0.866. The Morgan fingerprint density at radius 1 is 1.19 bits per heavy atom. The summed E-state index contributed by atoms with van der Waals surface area (Å²) in [5.41, 5.74) is 0.236. The second kappa shape index (κ2) is 4.69. The molecule has 0 bridgehead atoms. The predicted molar refractivity (Wildman–Crippen MR) is 83.0 cm³/mol. The fourth-order valence-corrected chi connectivity index (χ4v) is 4.65. The van der Waals surface area contributed by atoms with Gasteiger partial charge in [-0.2, -0.15) is 0 Å². The number of rotatable bonds is 3. The van der Waals surface area contributed by atoms with E-state index in [1.54, 1.807) is 7.11 Å². The summed E-state index contributed by atoms with van der Waals surface area (Å²) in [5, 5.41) is 3.40. The number of carbonyl (C=O) groups is 1. The molecule has 1 heterocycles. The number of carbonyl (C=O) groups excluding carboxylic acids is 1. The average molecular weight is 294 g/mol. The highest BCUT2D eigenvalue weighted by Gasteiger charge is 2.63. The van der Waals surface area contributed by atoms with E-state index in [9.17, 15) is 4.79 Å². The van der Waals surface area contributed by atoms with Crippen LogP contribution in [0.25, 0.3) is 0 Å². The molecule has 0 aromatic rings. The van der Waals surface area contributed by atoms with E-state index in [4.69, 9.17) is 4.74 Å². The van der Waals surface area contributed by atoms with Crippen LogP contribution in [0.2, 0.25) is 0 Å². The lowest BCUT2D eigenvalue weighted by Crippen LogP contribution is -2.68. The van der Waals surface area contributed by atoms with Crippen LogP contribution in [-0.4, -0.2) is 49.7 Å². The van der Waals surface area contributed by atoms with Crippen molar-refractivity contribution in [2.75, 3.05) is 27.2 Å². The number of ether oxygens (including phenoxy) is 1. The fourth-order valence-electron chi connectivity index (χ4n) is 4.65. The van der Waals surface area contributed by atoms with Crippen LogP contribution in [0.3, 0.4) is 0 Å². The van der Waals surface area contributed by atoms with Gasteiger partial charge in [-0.1, -0.05) is 13.8 Å². The highest BCUT2D eigenvalue weighted by Crippen LogP contribution is 2.60. The standard InChI is InChI=1S/C17H30N2O2/c1-15(2)13(11-16(15,3)21-5)19(4)14(20)12-10-17(12)6-8-18-9-7-17/h12-13,18H,6-11H2,1-5H3. The zero-order valence-electron chi connectivity index (χ0n) is 14.2. The minimum Gasteiger partial charge on any atom is -0.378 e. The zero-order chi connectivity index (χ0) is 15.5. The molecule has 3 atom stereocenters. The third kappa shape index (κ3) is 2.06. The van der Waals surface area contributed by atoms with Crippen molar-refractivity contribution in [3.63, 3.8) is 0 Å². The molecule has 21 heavy (non-hydrogen) atoms. The second-order valence-electron chi connectivity index (χ2n) is 8.19. The van der Waals surface area contributed by atoms with Crippen molar-refractivity contribution < 1.29 is 9.53 Å². The van der Waals surface area contributed by atoms with Gasteiger partial charge in [0.15, 0.2) is 0 Å². The summed E-state index contributed by atoms with van der Waals surface area (Å²) >= 11 is 0. The second-order valence-corrected chi connectivity index (χ2v) is 8.19. The SMILES string of the molecule is COC1(C)CC(N(C)C(=O)C2CC23CCNCC3)C1(C)C. The summed E-state index contributed by atoms with van der Waals surface area (Å²) in [6.07, 6.45) is 4.38. The smallest absolute Gasteiger partial charge is 0.226 e. The first-order valence-electron chi connectivity index (χ1n) is 8.30. The number of hydrogen-bond donors (Lipinski definition) is 1. The molecule has 4 heteroatoms.